The molecule has 0 bridgehead atoms. The van der Waals surface area contributed by atoms with Crippen LogP contribution >= 0.6 is 0 Å². The Bertz CT molecular complexity index is 211. The maximum absolute atomic E-state index is 11.2. The van der Waals surface area contributed by atoms with Crippen molar-refractivity contribution in [2.45, 2.75) is 13.3 Å². The normalized spacial score (nSPS) is 10.8. The number of hydrogen-bond donors (Lipinski definition) is 2. The van der Waals surface area contributed by atoms with Crippen LogP contribution in [-0.4, -0.2) is 37.7 Å². The Morgan fingerprint density at radius 2 is 2.23 bits per heavy atom. The maximum Gasteiger partial charge on any atom is 0.222 e. The molecule has 0 spiro atoms. The number of carbonyl (C=O) groups excluding carboxylic acids is 1. The predicted molar refractivity (Wildman–Crippen MR) is 53.9 cm³/mol. The molecule has 0 atom stereocenters. The summed E-state index contributed by atoms with van der Waals surface area (Å²) in [6.45, 7) is 2.31. The molecule has 0 aromatic rings. The smallest absolute Gasteiger partial charge is 0.222 e. The van der Waals surface area contributed by atoms with Gasteiger partial charge in [0.25, 0.3) is 0 Å². The lowest BCUT2D eigenvalue weighted by Gasteiger charge is -2.16. The van der Waals surface area contributed by atoms with E-state index in [1.54, 1.807) is 25.2 Å². The van der Waals surface area contributed by atoms with Gasteiger partial charge in [0, 0.05) is 45.0 Å². The quantitative estimate of drug-likeness (QED) is 0.613. The van der Waals surface area contributed by atoms with Crippen molar-refractivity contribution in [3.05, 3.63) is 11.8 Å². The summed E-state index contributed by atoms with van der Waals surface area (Å²) in [7, 11) is 3.50. The van der Waals surface area contributed by atoms with Crippen LogP contribution in [0.1, 0.15) is 13.3 Å². The average Bonchev–Trinajstić information content (AvgIpc) is 2.15. The zero-order chi connectivity index (χ0) is 10.3. The number of hydrogen-bond acceptors (Lipinski definition) is 3. The highest BCUT2D eigenvalue weighted by molar-refractivity contribution is 5.80. The van der Waals surface area contributed by atoms with Crippen molar-refractivity contribution in [2.75, 3.05) is 20.6 Å². The van der Waals surface area contributed by atoms with Crippen molar-refractivity contribution < 1.29 is 4.79 Å². The van der Waals surface area contributed by atoms with Crippen LogP contribution in [0, 0.1) is 5.41 Å². The van der Waals surface area contributed by atoms with Gasteiger partial charge in [-0.3, -0.25) is 4.79 Å². The van der Waals surface area contributed by atoms with Crippen LogP contribution < -0.4 is 5.32 Å². The van der Waals surface area contributed by atoms with Crippen molar-refractivity contribution in [3.8, 4) is 0 Å². The lowest BCUT2D eigenvalue weighted by atomic mass is 10.3. The van der Waals surface area contributed by atoms with Gasteiger partial charge in [0.2, 0.25) is 5.91 Å². The van der Waals surface area contributed by atoms with Gasteiger partial charge >= 0.3 is 0 Å². The van der Waals surface area contributed by atoms with Gasteiger partial charge < -0.3 is 15.6 Å². The highest BCUT2D eigenvalue weighted by Gasteiger charge is 2.06. The minimum atomic E-state index is 0.0869. The van der Waals surface area contributed by atoms with Crippen molar-refractivity contribution >= 4 is 12.1 Å². The van der Waals surface area contributed by atoms with E-state index in [4.69, 9.17) is 5.41 Å². The summed E-state index contributed by atoms with van der Waals surface area (Å²) in [5.74, 6) is 0.0869. The maximum atomic E-state index is 11.2. The number of amides is 1. The Kier molecular flexibility index (Phi) is 5.59. The van der Waals surface area contributed by atoms with E-state index in [9.17, 15) is 4.79 Å². The third kappa shape index (κ3) is 4.30. The summed E-state index contributed by atoms with van der Waals surface area (Å²) < 4.78 is 0. The molecule has 0 aliphatic rings. The molecule has 1 amide bonds. The predicted octanol–water partition coefficient (Wildman–Crippen LogP) is 0.608. The largest absolute Gasteiger partial charge is 0.394 e. The Balaban J connectivity index is 4.16. The summed E-state index contributed by atoms with van der Waals surface area (Å²) in [6.07, 6.45) is 3.46. The van der Waals surface area contributed by atoms with Crippen LogP contribution in [-0.2, 0) is 4.79 Å². The van der Waals surface area contributed by atoms with E-state index in [-0.39, 0.29) is 5.91 Å². The molecule has 0 aliphatic heterocycles. The van der Waals surface area contributed by atoms with Gasteiger partial charge in [-0.15, -0.1) is 0 Å². The number of nitrogens with zero attached hydrogens (tertiary/aromatic N) is 1. The second kappa shape index (κ2) is 6.22. The molecule has 0 heterocycles. The van der Waals surface area contributed by atoms with E-state index < -0.39 is 0 Å². The minimum Gasteiger partial charge on any atom is -0.394 e. The van der Waals surface area contributed by atoms with E-state index in [1.807, 2.05) is 6.92 Å². The first-order chi connectivity index (χ1) is 6.15. The van der Waals surface area contributed by atoms with Crippen LogP contribution in [0.3, 0.4) is 0 Å². The lowest BCUT2D eigenvalue weighted by molar-refractivity contribution is -0.129. The molecule has 4 heteroatoms. The monoisotopic (exact) mass is 183 g/mol. The zero-order valence-electron chi connectivity index (χ0n) is 8.42. The molecule has 0 aromatic heterocycles. The van der Waals surface area contributed by atoms with Crippen LogP contribution in [0.25, 0.3) is 0 Å². The molecule has 0 aliphatic carbocycles. The summed E-state index contributed by atoms with van der Waals surface area (Å²) >= 11 is 0. The van der Waals surface area contributed by atoms with Gasteiger partial charge in [-0.25, -0.2) is 0 Å². The van der Waals surface area contributed by atoms with Crippen molar-refractivity contribution in [2.24, 2.45) is 0 Å². The SMILES string of the molecule is CCC(=O)N(C)C/C(C=N)=C/NC. The van der Waals surface area contributed by atoms with Gasteiger partial charge in [0.1, 0.15) is 0 Å². The molecule has 74 valence electrons. The molecule has 0 radical (unpaired) electrons. The lowest BCUT2D eigenvalue weighted by Crippen LogP contribution is -2.28. The highest BCUT2D eigenvalue weighted by atomic mass is 16.2. The Hall–Kier alpha value is -1.32. The van der Waals surface area contributed by atoms with Gasteiger partial charge in [0.05, 0.1) is 0 Å². The molecule has 0 fully saturated rings. The Labute approximate surface area is 79.1 Å². The van der Waals surface area contributed by atoms with E-state index >= 15 is 0 Å². The second-order valence-electron chi connectivity index (χ2n) is 2.76. The molecule has 0 saturated carbocycles. The van der Waals surface area contributed by atoms with Gasteiger partial charge in [-0.05, 0) is 0 Å². The summed E-state index contributed by atoms with van der Waals surface area (Å²) in [6, 6.07) is 0. The van der Waals surface area contributed by atoms with Crippen molar-refractivity contribution in [3.63, 3.8) is 0 Å². The molecule has 13 heavy (non-hydrogen) atoms. The van der Waals surface area contributed by atoms with E-state index in [0.29, 0.717) is 13.0 Å². The number of likely N-dealkylation sites (N-methyl/N-ethyl adjacent to an activating group) is 1. The fourth-order valence-corrected chi connectivity index (χ4v) is 0.950. The molecule has 0 unspecified atom stereocenters. The topological polar surface area (TPSA) is 56.2 Å². The van der Waals surface area contributed by atoms with E-state index in [2.05, 4.69) is 5.32 Å². The van der Waals surface area contributed by atoms with E-state index in [0.717, 1.165) is 5.57 Å². The van der Waals surface area contributed by atoms with Crippen molar-refractivity contribution in [1.29, 1.82) is 5.41 Å². The minimum absolute atomic E-state index is 0.0869. The van der Waals surface area contributed by atoms with Crippen LogP contribution in [0.15, 0.2) is 11.8 Å². The molecular formula is C9H17N3O. The van der Waals surface area contributed by atoms with Crippen molar-refractivity contribution in [1.82, 2.24) is 10.2 Å². The van der Waals surface area contributed by atoms with Crippen LogP contribution in [0.2, 0.25) is 0 Å². The standard InChI is InChI=1S/C9H17N3O/c1-4-9(13)12(3)7-8(5-10)6-11-2/h5-6,10-11H,4,7H2,1-3H3/b8-6+,10-5?. The first kappa shape index (κ1) is 11.7. The second-order valence-corrected chi connectivity index (χ2v) is 2.76. The molecule has 0 aromatic carbocycles. The third-order valence-electron chi connectivity index (χ3n) is 1.66. The summed E-state index contributed by atoms with van der Waals surface area (Å²) in [4.78, 5) is 12.8. The van der Waals surface area contributed by atoms with Crippen LogP contribution in [0.4, 0.5) is 0 Å². The number of carbonyl (C=O) groups is 1. The Morgan fingerprint density at radius 3 is 2.62 bits per heavy atom. The molecule has 2 N–H and O–H groups in total. The van der Waals surface area contributed by atoms with Crippen LogP contribution in [0.5, 0.6) is 0 Å². The van der Waals surface area contributed by atoms with Gasteiger partial charge in [0.15, 0.2) is 0 Å². The third-order valence-corrected chi connectivity index (χ3v) is 1.66. The number of nitrogens with one attached hydrogen (secondary N) is 2. The molecule has 0 saturated heterocycles. The molecule has 0 rings (SSSR count). The number of rotatable bonds is 5. The molecular weight excluding hydrogens is 166 g/mol. The summed E-state index contributed by atoms with van der Waals surface area (Å²) in [5.41, 5.74) is 0.784. The first-order valence-corrected chi connectivity index (χ1v) is 4.26. The van der Waals surface area contributed by atoms with Gasteiger partial charge in [-0.2, -0.15) is 0 Å². The van der Waals surface area contributed by atoms with E-state index in [1.165, 1.54) is 6.21 Å². The van der Waals surface area contributed by atoms with Gasteiger partial charge in [-0.1, -0.05) is 6.92 Å². The first-order valence-electron chi connectivity index (χ1n) is 4.26. The fraction of sp³-hybridized carbons (Fsp3) is 0.556. The zero-order valence-corrected chi connectivity index (χ0v) is 8.42. The fourth-order valence-electron chi connectivity index (χ4n) is 0.950. The Morgan fingerprint density at radius 1 is 1.62 bits per heavy atom. The summed E-state index contributed by atoms with van der Waals surface area (Å²) in [5, 5.41) is 9.91. The highest BCUT2D eigenvalue weighted by Crippen LogP contribution is 1.95. The average molecular weight is 183 g/mol. The molecule has 4 nitrogen and oxygen atoms in total.